The molecule has 1 fully saturated rings. The van der Waals surface area contributed by atoms with Gasteiger partial charge in [-0.1, -0.05) is 19.9 Å². The van der Waals surface area contributed by atoms with E-state index < -0.39 is 9.84 Å². The average molecular weight is 320 g/mol. The van der Waals surface area contributed by atoms with Crippen molar-refractivity contribution in [1.82, 2.24) is 9.88 Å². The number of likely N-dealkylation sites (tertiary alicyclic amines) is 1. The lowest BCUT2D eigenvalue weighted by Crippen LogP contribution is -2.37. The summed E-state index contributed by atoms with van der Waals surface area (Å²) in [5.74, 6) is 0.387. The molecule has 4 nitrogen and oxygen atoms in total. The number of nitrogens with zero attached hydrogens (tertiary/aromatic N) is 1. The Balaban J connectivity index is 2.03. The lowest BCUT2D eigenvalue weighted by molar-refractivity contribution is 0.278. The van der Waals surface area contributed by atoms with Gasteiger partial charge in [0.05, 0.1) is 10.1 Å². The fourth-order valence-corrected chi connectivity index (χ4v) is 5.07. The second-order valence-corrected chi connectivity index (χ2v) is 8.86. The van der Waals surface area contributed by atoms with Gasteiger partial charge in [0.25, 0.3) is 0 Å². The van der Waals surface area contributed by atoms with Crippen LogP contribution >= 0.6 is 0 Å². The van der Waals surface area contributed by atoms with Crippen LogP contribution in [0.5, 0.6) is 0 Å². The standard InChI is InChI=1S/C17H24N2O2S/c1-12(2)13-4-5-16-15(10-13)17(11-18-16)22(20,21)14-6-8-19(3)9-7-14/h4-5,10-12,14,18H,6-9H2,1-3H3. The number of piperidine rings is 1. The summed E-state index contributed by atoms with van der Waals surface area (Å²) >= 11 is 0. The molecule has 1 saturated heterocycles. The molecule has 5 heteroatoms. The molecule has 0 radical (unpaired) electrons. The summed E-state index contributed by atoms with van der Waals surface area (Å²) < 4.78 is 26.0. The number of hydrogen-bond donors (Lipinski definition) is 1. The maximum Gasteiger partial charge on any atom is 0.183 e. The molecule has 0 bridgehead atoms. The van der Waals surface area contributed by atoms with Crippen molar-refractivity contribution >= 4 is 20.7 Å². The van der Waals surface area contributed by atoms with Crippen molar-refractivity contribution in [2.45, 2.75) is 42.8 Å². The van der Waals surface area contributed by atoms with Gasteiger partial charge in [0, 0.05) is 17.1 Å². The molecule has 3 rings (SSSR count). The molecule has 1 aromatic carbocycles. The van der Waals surface area contributed by atoms with E-state index in [1.807, 2.05) is 19.2 Å². The van der Waals surface area contributed by atoms with E-state index >= 15 is 0 Å². The van der Waals surface area contributed by atoms with Crippen molar-refractivity contribution in [3.05, 3.63) is 30.0 Å². The summed E-state index contributed by atoms with van der Waals surface area (Å²) in [6.07, 6.45) is 3.10. The van der Waals surface area contributed by atoms with Crippen LogP contribution in [-0.2, 0) is 9.84 Å². The predicted molar refractivity (Wildman–Crippen MR) is 90.1 cm³/mol. The highest BCUT2D eigenvalue weighted by Crippen LogP contribution is 2.31. The third kappa shape index (κ3) is 2.68. The Morgan fingerprint density at radius 2 is 1.91 bits per heavy atom. The normalized spacial score (nSPS) is 18.4. The summed E-state index contributed by atoms with van der Waals surface area (Å²) in [5.41, 5.74) is 2.07. The first kappa shape index (κ1) is 15.6. The summed E-state index contributed by atoms with van der Waals surface area (Å²) in [6.45, 7) is 5.95. The Hall–Kier alpha value is -1.33. The highest BCUT2D eigenvalue weighted by atomic mass is 32.2. The summed E-state index contributed by atoms with van der Waals surface area (Å²) in [4.78, 5) is 5.78. The highest BCUT2D eigenvalue weighted by Gasteiger charge is 2.32. The SMILES string of the molecule is CC(C)c1ccc2[nH]cc(S(=O)(=O)C3CCN(C)CC3)c2c1. The van der Waals surface area contributed by atoms with Gasteiger partial charge in [-0.3, -0.25) is 0 Å². The Morgan fingerprint density at radius 3 is 2.55 bits per heavy atom. The van der Waals surface area contributed by atoms with Gasteiger partial charge in [-0.2, -0.15) is 0 Å². The van der Waals surface area contributed by atoms with E-state index in [9.17, 15) is 8.42 Å². The number of H-pyrrole nitrogens is 1. The van der Waals surface area contributed by atoms with Crippen molar-refractivity contribution in [1.29, 1.82) is 0 Å². The average Bonchev–Trinajstić information content (AvgIpc) is 2.91. The maximum absolute atomic E-state index is 13.0. The quantitative estimate of drug-likeness (QED) is 0.945. The molecule has 0 amide bonds. The zero-order valence-electron chi connectivity index (χ0n) is 13.5. The number of hydrogen-bond acceptors (Lipinski definition) is 3. The van der Waals surface area contributed by atoms with E-state index in [1.54, 1.807) is 6.20 Å². The number of sulfone groups is 1. The molecule has 1 N–H and O–H groups in total. The molecule has 0 atom stereocenters. The molecule has 2 aromatic rings. The smallest absolute Gasteiger partial charge is 0.183 e. The van der Waals surface area contributed by atoms with E-state index in [2.05, 4.69) is 29.8 Å². The minimum absolute atomic E-state index is 0.259. The van der Waals surface area contributed by atoms with E-state index in [0.29, 0.717) is 10.8 Å². The van der Waals surface area contributed by atoms with Crippen LogP contribution in [-0.4, -0.2) is 43.7 Å². The molecule has 1 aliphatic rings. The van der Waals surface area contributed by atoms with Gasteiger partial charge < -0.3 is 9.88 Å². The monoisotopic (exact) mass is 320 g/mol. The number of aromatic nitrogens is 1. The van der Waals surface area contributed by atoms with Crippen LogP contribution in [0.1, 0.15) is 38.2 Å². The largest absolute Gasteiger partial charge is 0.360 e. The third-order valence-electron chi connectivity index (χ3n) is 4.75. The van der Waals surface area contributed by atoms with E-state index in [0.717, 1.165) is 36.8 Å². The number of aromatic amines is 1. The van der Waals surface area contributed by atoms with Crippen LogP contribution < -0.4 is 0 Å². The molecule has 1 aliphatic heterocycles. The fourth-order valence-electron chi connectivity index (χ4n) is 3.18. The van der Waals surface area contributed by atoms with Crippen molar-refractivity contribution in [2.24, 2.45) is 0 Å². The third-order valence-corrected chi connectivity index (χ3v) is 7.05. The molecule has 120 valence electrons. The fraction of sp³-hybridized carbons (Fsp3) is 0.529. The molecule has 0 aliphatic carbocycles. The van der Waals surface area contributed by atoms with Crippen LogP contribution in [0.3, 0.4) is 0 Å². The number of benzene rings is 1. The molecule has 0 saturated carbocycles. The Kier molecular flexibility index (Phi) is 4.03. The zero-order valence-corrected chi connectivity index (χ0v) is 14.3. The summed E-state index contributed by atoms with van der Waals surface area (Å²) in [7, 11) is -1.22. The number of nitrogens with one attached hydrogen (secondary N) is 1. The molecule has 1 aromatic heterocycles. The highest BCUT2D eigenvalue weighted by molar-refractivity contribution is 7.92. The van der Waals surface area contributed by atoms with Crippen LogP contribution in [0.2, 0.25) is 0 Å². The molecule has 22 heavy (non-hydrogen) atoms. The zero-order chi connectivity index (χ0) is 15.9. The number of rotatable bonds is 3. The van der Waals surface area contributed by atoms with E-state index in [-0.39, 0.29) is 5.25 Å². The van der Waals surface area contributed by atoms with Crippen molar-refractivity contribution in [3.8, 4) is 0 Å². The predicted octanol–water partition coefficient (Wildman–Crippen LogP) is 3.16. The minimum atomic E-state index is -3.27. The number of fused-ring (bicyclic) bond motifs is 1. The van der Waals surface area contributed by atoms with E-state index in [1.165, 1.54) is 5.56 Å². The Morgan fingerprint density at radius 1 is 1.23 bits per heavy atom. The van der Waals surface area contributed by atoms with Gasteiger partial charge in [-0.15, -0.1) is 0 Å². The molecular formula is C17H24N2O2S. The lowest BCUT2D eigenvalue weighted by Gasteiger charge is -2.28. The van der Waals surface area contributed by atoms with E-state index in [4.69, 9.17) is 0 Å². The summed E-state index contributed by atoms with van der Waals surface area (Å²) in [6, 6.07) is 6.08. The molecular weight excluding hydrogens is 296 g/mol. The van der Waals surface area contributed by atoms with Crippen LogP contribution in [0.15, 0.2) is 29.3 Å². The van der Waals surface area contributed by atoms with Gasteiger partial charge in [0.2, 0.25) is 0 Å². The van der Waals surface area contributed by atoms with Crippen molar-refractivity contribution in [2.75, 3.05) is 20.1 Å². The maximum atomic E-state index is 13.0. The molecule has 0 spiro atoms. The minimum Gasteiger partial charge on any atom is -0.360 e. The molecule has 0 unspecified atom stereocenters. The first-order valence-corrected chi connectivity index (χ1v) is 9.47. The van der Waals surface area contributed by atoms with Gasteiger partial charge >= 0.3 is 0 Å². The second kappa shape index (κ2) is 5.70. The van der Waals surface area contributed by atoms with Gasteiger partial charge in [-0.05, 0) is 56.6 Å². The van der Waals surface area contributed by atoms with Crippen LogP contribution in [0.25, 0.3) is 10.9 Å². The van der Waals surface area contributed by atoms with Gasteiger partial charge in [0.15, 0.2) is 9.84 Å². The second-order valence-electron chi connectivity index (χ2n) is 6.66. The first-order valence-electron chi connectivity index (χ1n) is 7.93. The van der Waals surface area contributed by atoms with Gasteiger partial charge in [-0.25, -0.2) is 8.42 Å². The lowest BCUT2D eigenvalue weighted by atomic mass is 10.0. The van der Waals surface area contributed by atoms with Crippen molar-refractivity contribution in [3.63, 3.8) is 0 Å². The van der Waals surface area contributed by atoms with Crippen LogP contribution in [0, 0.1) is 0 Å². The Bertz CT molecular complexity index is 769. The summed E-state index contributed by atoms with van der Waals surface area (Å²) in [5, 5.41) is 0.579. The van der Waals surface area contributed by atoms with Gasteiger partial charge in [0.1, 0.15) is 0 Å². The van der Waals surface area contributed by atoms with Crippen molar-refractivity contribution < 1.29 is 8.42 Å². The van der Waals surface area contributed by atoms with Crippen LogP contribution in [0.4, 0.5) is 0 Å². The molecule has 2 heterocycles. The topological polar surface area (TPSA) is 53.2 Å². The first-order chi connectivity index (χ1) is 10.4. The Labute approximate surface area is 132 Å².